The first-order valence-corrected chi connectivity index (χ1v) is 7.00. The fourth-order valence-corrected chi connectivity index (χ4v) is 3.05. The Kier molecular flexibility index (Phi) is 4.61. The van der Waals surface area contributed by atoms with Crippen molar-refractivity contribution in [2.24, 2.45) is 5.92 Å². The SMILES string of the molecule is CC1CCN(Cc2ccc(C#CCCO)s2)C1. The van der Waals surface area contributed by atoms with Crippen LogP contribution in [0.15, 0.2) is 12.1 Å². The minimum Gasteiger partial charge on any atom is -0.395 e. The monoisotopic (exact) mass is 249 g/mol. The van der Waals surface area contributed by atoms with Crippen LogP contribution < -0.4 is 0 Å². The summed E-state index contributed by atoms with van der Waals surface area (Å²) in [5, 5.41) is 8.66. The van der Waals surface area contributed by atoms with Gasteiger partial charge in [0.1, 0.15) is 0 Å². The van der Waals surface area contributed by atoms with Gasteiger partial charge in [0.25, 0.3) is 0 Å². The molecule has 1 saturated heterocycles. The maximum Gasteiger partial charge on any atom is 0.0771 e. The van der Waals surface area contributed by atoms with Crippen LogP contribution in [-0.2, 0) is 6.54 Å². The Labute approximate surface area is 107 Å². The molecule has 17 heavy (non-hydrogen) atoms. The Morgan fingerprint density at radius 1 is 1.53 bits per heavy atom. The van der Waals surface area contributed by atoms with E-state index in [1.54, 1.807) is 11.3 Å². The Morgan fingerprint density at radius 2 is 2.41 bits per heavy atom. The van der Waals surface area contributed by atoms with Crippen LogP contribution >= 0.6 is 11.3 Å². The van der Waals surface area contributed by atoms with Crippen molar-refractivity contribution >= 4 is 11.3 Å². The standard InChI is InChI=1S/C14H19NOS/c1-12-7-8-15(10-12)11-14-6-5-13(17-14)4-2-3-9-16/h5-6,12,16H,3,7-11H2,1H3. The molecule has 0 aliphatic carbocycles. The molecule has 1 atom stereocenters. The van der Waals surface area contributed by atoms with Crippen molar-refractivity contribution in [3.8, 4) is 11.8 Å². The lowest BCUT2D eigenvalue weighted by molar-refractivity contribution is 0.305. The number of likely N-dealkylation sites (tertiary alicyclic amines) is 1. The Bertz CT molecular complexity index is 415. The van der Waals surface area contributed by atoms with Gasteiger partial charge in [-0.1, -0.05) is 18.8 Å². The maximum absolute atomic E-state index is 8.66. The molecular formula is C14H19NOS. The second-order valence-corrected chi connectivity index (χ2v) is 5.84. The van der Waals surface area contributed by atoms with Gasteiger partial charge in [-0.15, -0.1) is 11.3 Å². The topological polar surface area (TPSA) is 23.5 Å². The number of aliphatic hydroxyl groups is 1. The fourth-order valence-electron chi connectivity index (χ4n) is 2.13. The van der Waals surface area contributed by atoms with Gasteiger partial charge in [0.15, 0.2) is 0 Å². The Morgan fingerprint density at radius 3 is 3.12 bits per heavy atom. The molecule has 0 bridgehead atoms. The maximum atomic E-state index is 8.66. The third-order valence-corrected chi connectivity index (χ3v) is 3.98. The fraction of sp³-hybridized carbons (Fsp3) is 0.571. The highest BCUT2D eigenvalue weighted by atomic mass is 32.1. The van der Waals surface area contributed by atoms with Crippen molar-refractivity contribution in [2.45, 2.75) is 26.3 Å². The van der Waals surface area contributed by atoms with Gasteiger partial charge in [-0.05, 0) is 31.0 Å². The molecule has 1 fully saturated rings. The summed E-state index contributed by atoms with van der Waals surface area (Å²) in [6.07, 6.45) is 1.89. The van der Waals surface area contributed by atoms with E-state index in [2.05, 4.69) is 35.8 Å². The molecule has 0 aromatic carbocycles. The van der Waals surface area contributed by atoms with Crippen LogP contribution in [0.1, 0.15) is 29.5 Å². The van der Waals surface area contributed by atoms with Gasteiger partial charge in [0.2, 0.25) is 0 Å². The molecule has 0 spiro atoms. The number of nitrogens with zero attached hydrogens (tertiary/aromatic N) is 1. The summed E-state index contributed by atoms with van der Waals surface area (Å²) >= 11 is 1.77. The number of hydrogen-bond acceptors (Lipinski definition) is 3. The number of hydrogen-bond donors (Lipinski definition) is 1. The number of thiophene rings is 1. The summed E-state index contributed by atoms with van der Waals surface area (Å²) in [6.45, 7) is 5.99. The van der Waals surface area contributed by atoms with Crippen molar-refractivity contribution in [3.05, 3.63) is 21.9 Å². The third kappa shape index (κ3) is 3.85. The smallest absolute Gasteiger partial charge is 0.0771 e. The van der Waals surface area contributed by atoms with Gasteiger partial charge in [-0.3, -0.25) is 4.90 Å². The quantitative estimate of drug-likeness (QED) is 0.831. The molecule has 0 saturated carbocycles. The first-order chi connectivity index (χ1) is 8.28. The van der Waals surface area contributed by atoms with Gasteiger partial charge in [-0.25, -0.2) is 0 Å². The molecule has 2 rings (SSSR count). The summed E-state index contributed by atoms with van der Waals surface area (Å²) in [6, 6.07) is 4.26. The van der Waals surface area contributed by atoms with E-state index >= 15 is 0 Å². The molecule has 2 nitrogen and oxygen atoms in total. The molecule has 92 valence electrons. The molecule has 1 aromatic heterocycles. The zero-order valence-electron chi connectivity index (χ0n) is 10.3. The second kappa shape index (κ2) is 6.20. The van der Waals surface area contributed by atoms with E-state index in [1.807, 2.05) is 0 Å². The first kappa shape index (κ1) is 12.6. The minimum atomic E-state index is 0.150. The van der Waals surface area contributed by atoms with Crippen molar-refractivity contribution in [1.29, 1.82) is 0 Å². The highest BCUT2D eigenvalue weighted by molar-refractivity contribution is 7.12. The van der Waals surface area contributed by atoms with Crippen LogP contribution in [-0.4, -0.2) is 29.7 Å². The van der Waals surface area contributed by atoms with E-state index in [-0.39, 0.29) is 6.61 Å². The summed E-state index contributed by atoms with van der Waals surface area (Å²) in [7, 11) is 0. The van der Waals surface area contributed by atoms with Crippen LogP contribution in [0.4, 0.5) is 0 Å². The lowest BCUT2D eigenvalue weighted by Crippen LogP contribution is -2.18. The van der Waals surface area contributed by atoms with Crippen molar-refractivity contribution in [2.75, 3.05) is 19.7 Å². The first-order valence-electron chi connectivity index (χ1n) is 6.18. The van der Waals surface area contributed by atoms with Crippen molar-refractivity contribution < 1.29 is 5.11 Å². The highest BCUT2D eigenvalue weighted by Crippen LogP contribution is 2.22. The van der Waals surface area contributed by atoms with Crippen molar-refractivity contribution in [1.82, 2.24) is 4.90 Å². The van der Waals surface area contributed by atoms with Gasteiger partial charge >= 0.3 is 0 Å². The molecule has 1 unspecified atom stereocenters. The van der Waals surface area contributed by atoms with Crippen molar-refractivity contribution in [3.63, 3.8) is 0 Å². The van der Waals surface area contributed by atoms with Crippen LogP contribution in [0.2, 0.25) is 0 Å². The largest absolute Gasteiger partial charge is 0.395 e. The molecule has 1 aliphatic heterocycles. The summed E-state index contributed by atoms with van der Waals surface area (Å²) < 4.78 is 0. The van der Waals surface area contributed by atoms with Crippen LogP contribution in [0, 0.1) is 17.8 Å². The molecule has 0 amide bonds. The van der Waals surface area contributed by atoms with E-state index in [4.69, 9.17) is 5.11 Å². The molecule has 0 radical (unpaired) electrons. The van der Waals surface area contributed by atoms with E-state index < -0.39 is 0 Å². The van der Waals surface area contributed by atoms with Gasteiger partial charge in [-0.2, -0.15) is 0 Å². The van der Waals surface area contributed by atoms with E-state index in [1.165, 1.54) is 24.4 Å². The number of rotatable bonds is 3. The van der Waals surface area contributed by atoms with E-state index in [9.17, 15) is 0 Å². The normalized spacial score (nSPS) is 20.2. The predicted octanol–water partition coefficient (Wildman–Crippen LogP) is 2.32. The average Bonchev–Trinajstić information content (AvgIpc) is 2.90. The minimum absolute atomic E-state index is 0.150. The van der Waals surface area contributed by atoms with Gasteiger partial charge in [0.05, 0.1) is 11.5 Å². The number of aliphatic hydroxyl groups excluding tert-OH is 1. The second-order valence-electron chi connectivity index (χ2n) is 4.67. The van der Waals surface area contributed by atoms with E-state index in [0.29, 0.717) is 6.42 Å². The Hall–Kier alpha value is -0.820. The molecule has 1 N–H and O–H groups in total. The van der Waals surface area contributed by atoms with Crippen LogP contribution in [0.3, 0.4) is 0 Å². The zero-order valence-corrected chi connectivity index (χ0v) is 11.1. The van der Waals surface area contributed by atoms with Crippen LogP contribution in [0.5, 0.6) is 0 Å². The summed E-state index contributed by atoms with van der Waals surface area (Å²) in [4.78, 5) is 5.02. The van der Waals surface area contributed by atoms with Gasteiger partial charge in [0, 0.05) is 24.4 Å². The molecular weight excluding hydrogens is 230 g/mol. The molecule has 1 aliphatic rings. The highest BCUT2D eigenvalue weighted by Gasteiger charge is 2.18. The predicted molar refractivity (Wildman–Crippen MR) is 72.0 cm³/mol. The zero-order chi connectivity index (χ0) is 12.1. The molecule has 2 heterocycles. The summed E-state index contributed by atoms with van der Waals surface area (Å²) in [5.41, 5.74) is 0. The Balaban J connectivity index is 1.88. The van der Waals surface area contributed by atoms with E-state index in [0.717, 1.165) is 17.3 Å². The van der Waals surface area contributed by atoms with Crippen LogP contribution in [0.25, 0.3) is 0 Å². The lowest BCUT2D eigenvalue weighted by Gasteiger charge is -2.13. The average molecular weight is 249 g/mol. The lowest BCUT2D eigenvalue weighted by atomic mass is 10.2. The summed E-state index contributed by atoms with van der Waals surface area (Å²) in [5.74, 6) is 6.90. The third-order valence-electron chi connectivity index (χ3n) is 3.00. The molecule has 1 aromatic rings. The molecule has 3 heteroatoms. The van der Waals surface area contributed by atoms with Gasteiger partial charge < -0.3 is 5.11 Å².